The van der Waals surface area contributed by atoms with Gasteiger partial charge in [-0.15, -0.1) is 0 Å². The maximum atomic E-state index is 13.1. The SMILES string of the molecule is COC(OC)[C@@H]1OC(C)(C)O[C@@H]1[C@@H](OS(=O)(=O)c1ccc(C)cc1)[C@@H]1COC(C)(C)O1. The molecule has 0 unspecified atom stereocenters. The van der Waals surface area contributed by atoms with E-state index in [0.29, 0.717) is 0 Å². The van der Waals surface area contributed by atoms with Gasteiger partial charge in [0.25, 0.3) is 10.1 Å². The second kappa shape index (κ2) is 9.03. The van der Waals surface area contributed by atoms with Gasteiger partial charge in [0, 0.05) is 14.2 Å². The quantitative estimate of drug-likeness (QED) is 0.428. The van der Waals surface area contributed by atoms with Crippen molar-refractivity contribution in [2.45, 2.75) is 81.8 Å². The van der Waals surface area contributed by atoms with Crippen molar-refractivity contribution in [2.24, 2.45) is 0 Å². The Morgan fingerprint density at radius 3 is 2.03 bits per heavy atom. The van der Waals surface area contributed by atoms with Crippen molar-refractivity contribution >= 4 is 10.1 Å². The molecule has 1 aromatic carbocycles. The van der Waals surface area contributed by atoms with E-state index in [1.54, 1.807) is 39.8 Å². The first-order chi connectivity index (χ1) is 14.4. The second-order valence-corrected chi connectivity index (χ2v) is 10.2. The molecule has 176 valence electrons. The zero-order chi connectivity index (χ0) is 23.0. The molecule has 2 saturated heterocycles. The molecule has 10 heteroatoms. The van der Waals surface area contributed by atoms with Gasteiger partial charge in [-0.05, 0) is 46.8 Å². The van der Waals surface area contributed by atoms with Crippen molar-refractivity contribution in [1.82, 2.24) is 0 Å². The minimum atomic E-state index is -4.14. The summed E-state index contributed by atoms with van der Waals surface area (Å²) < 4.78 is 66.5. The maximum absolute atomic E-state index is 13.1. The number of methoxy groups -OCH3 is 2. The molecule has 2 aliphatic rings. The molecule has 0 aliphatic carbocycles. The molecule has 0 aromatic heterocycles. The first-order valence-corrected chi connectivity index (χ1v) is 11.5. The van der Waals surface area contributed by atoms with E-state index < -0.39 is 52.4 Å². The van der Waals surface area contributed by atoms with Crippen molar-refractivity contribution in [3.8, 4) is 0 Å². The van der Waals surface area contributed by atoms with Crippen molar-refractivity contribution in [3.63, 3.8) is 0 Å². The van der Waals surface area contributed by atoms with Crippen LogP contribution >= 0.6 is 0 Å². The highest BCUT2D eigenvalue weighted by molar-refractivity contribution is 7.86. The fourth-order valence-corrected chi connectivity index (χ4v) is 4.87. The largest absolute Gasteiger partial charge is 0.353 e. The molecule has 0 spiro atoms. The van der Waals surface area contributed by atoms with E-state index in [9.17, 15) is 8.42 Å². The monoisotopic (exact) mass is 460 g/mol. The average molecular weight is 461 g/mol. The summed E-state index contributed by atoms with van der Waals surface area (Å²) in [7, 11) is -1.20. The van der Waals surface area contributed by atoms with Gasteiger partial charge in [0.15, 0.2) is 17.9 Å². The Hall–Kier alpha value is -1.11. The predicted molar refractivity (Wildman–Crippen MR) is 110 cm³/mol. The third-order valence-corrected chi connectivity index (χ3v) is 6.49. The first kappa shape index (κ1) is 24.5. The van der Waals surface area contributed by atoms with E-state index >= 15 is 0 Å². The topological polar surface area (TPSA) is 98.8 Å². The number of hydrogen-bond donors (Lipinski definition) is 0. The molecule has 2 fully saturated rings. The van der Waals surface area contributed by atoms with Gasteiger partial charge in [0.05, 0.1) is 11.5 Å². The van der Waals surface area contributed by atoms with E-state index in [1.807, 2.05) is 6.92 Å². The summed E-state index contributed by atoms with van der Waals surface area (Å²) in [5.74, 6) is -1.92. The van der Waals surface area contributed by atoms with Gasteiger partial charge in [0.2, 0.25) is 0 Å². The zero-order valence-electron chi connectivity index (χ0n) is 19.0. The molecule has 0 amide bonds. The standard InChI is InChI=1S/C21H32O9S/c1-13-8-10-14(11-9-13)31(22,23)30-16(15-12-26-20(2,3)27-15)17-18(19(24-6)25-7)29-21(4,5)28-17/h8-11,15-19H,12H2,1-7H3/t15-,16-,17+,18+/m0/s1. The van der Waals surface area contributed by atoms with Crippen LogP contribution in [0.1, 0.15) is 33.3 Å². The third-order valence-electron chi connectivity index (χ3n) is 5.16. The third kappa shape index (κ3) is 5.63. The Balaban J connectivity index is 1.97. The molecule has 1 aromatic rings. The summed E-state index contributed by atoms with van der Waals surface area (Å²) in [4.78, 5) is 0.0334. The Morgan fingerprint density at radius 2 is 1.52 bits per heavy atom. The molecule has 2 aliphatic heterocycles. The fourth-order valence-electron chi connectivity index (χ4n) is 3.76. The number of rotatable bonds is 8. The molecular formula is C21H32O9S. The molecule has 9 nitrogen and oxygen atoms in total. The Labute approximate surface area is 184 Å². The van der Waals surface area contributed by atoms with E-state index in [1.165, 1.54) is 26.4 Å². The normalized spacial score (nSPS) is 28.8. The molecular weight excluding hydrogens is 428 g/mol. The highest BCUT2D eigenvalue weighted by Gasteiger charge is 2.55. The van der Waals surface area contributed by atoms with Crippen LogP contribution in [0.25, 0.3) is 0 Å². The van der Waals surface area contributed by atoms with Crippen LogP contribution in [0.2, 0.25) is 0 Å². The van der Waals surface area contributed by atoms with Crippen molar-refractivity contribution < 1.29 is 41.0 Å². The predicted octanol–water partition coefficient (Wildman–Crippen LogP) is 2.36. The molecule has 0 N–H and O–H groups in total. The van der Waals surface area contributed by atoms with Gasteiger partial charge in [-0.2, -0.15) is 8.42 Å². The zero-order valence-corrected chi connectivity index (χ0v) is 19.8. The minimum Gasteiger partial charge on any atom is -0.353 e. The van der Waals surface area contributed by atoms with Gasteiger partial charge >= 0.3 is 0 Å². The lowest BCUT2D eigenvalue weighted by molar-refractivity contribution is -0.202. The van der Waals surface area contributed by atoms with Crippen LogP contribution in [0.5, 0.6) is 0 Å². The van der Waals surface area contributed by atoms with Crippen LogP contribution in [0, 0.1) is 6.92 Å². The van der Waals surface area contributed by atoms with Crippen LogP contribution in [0.15, 0.2) is 29.2 Å². The van der Waals surface area contributed by atoms with Gasteiger partial charge in [-0.3, -0.25) is 4.18 Å². The average Bonchev–Trinajstić information content (AvgIpc) is 3.20. The Kier molecular flexibility index (Phi) is 7.14. The van der Waals surface area contributed by atoms with Gasteiger partial charge in [-0.25, -0.2) is 0 Å². The lowest BCUT2D eigenvalue weighted by atomic mass is 10.0. The van der Waals surface area contributed by atoms with Gasteiger partial charge < -0.3 is 28.4 Å². The number of ether oxygens (including phenoxy) is 6. The molecule has 0 bridgehead atoms. The lowest BCUT2D eigenvalue weighted by Crippen LogP contribution is -2.51. The highest BCUT2D eigenvalue weighted by atomic mass is 32.2. The Morgan fingerprint density at radius 1 is 0.935 bits per heavy atom. The van der Waals surface area contributed by atoms with Crippen molar-refractivity contribution in [3.05, 3.63) is 29.8 Å². The molecule has 2 heterocycles. The van der Waals surface area contributed by atoms with Crippen LogP contribution in [-0.4, -0.2) is 71.5 Å². The summed E-state index contributed by atoms with van der Waals surface area (Å²) in [6.45, 7) is 8.95. The van der Waals surface area contributed by atoms with E-state index in [2.05, 4.69) is 0 Å². The summed E-state index contributed by atoms with van der Waals surface area (Å²) >= 11 is 0. The minimum absolute atomic E-state index is 0.0334. The summed E-state index contributed by atoms with van der Waals surface area (Å²) in [6.07, 6.45) is -4.25. The summed E-state index contributed by atoms with van der Waals surface area (Å²) in [6, 6.07) is 6.41. The Bertz CT molecular complexity index is 846. The number of hydrogen-bond acceptors (Lipinski definition) is 9. The molecule has 31 heavy (non-hydrogen) atoms. The number of benzene rings is 1. The van der Waals surface area contributed by atoms with Crippen LogP contribution in [0.4, 0.5) is 0 Å². The molecule has 0 saturated carbocycles. The molecule has 0 radical (unpaired) electrons. The van der Waals surface area contributed by atoms with E-state index in [4.69, 9.17) is 32.6 Å². The van der Waals surface area contributed by atoms with Gasteiger partial charge in [-0.1, -0.05) is 17.7 Å². The smallest absolute Gasteiger partial charge is 0.297 e. The number of aryl methyl sites for hydroxylation is 1. The lowest BCUT2D eigenvalue weighted by Gasteiger charge is -2.32. The van der Waals surface area contributed by atoms with E-state index in [-0.39, 0.29) is 11.5 Å². The summed E-state index contributed by atoms with van der Waals surface area (Å²) in [5.41, 5.74) is 0.933. The fraction of sp³-hybridized carbons (Fsp3) is 0.714. The summed E-state index contributed by atoms with van der Waals surface area (Å²) in [5, 5.41) is 0. The van der Waals surface area contributed by atoms with Crippen LogP contribution in [-0.2, 0) is 42.7 Å². The maximum Gasteiger partial charge on any atom is 0.297 e. The molecule has 4 atom stereocenters. The van der Waals surface area contributed by atoms with Crippen LogP contribution in [0.3, 0.4) is 0 Å². The van der Waals surface area contributed by atoms with Gasteiger partial charge in [0.1, 0.15) is 24.4 Å². The van der Waals surface area contributed by atoms with Crippen molar-refractivity contribution in [2.75, 3.05) is 20.8 Å². The molecule has 3 rings (SSSR count). The van der Waals surface area contributed by atoms with Crippen molar-refractivity contribution in [1.29, 1.82) is 0 Å². The first-order valence-electron chi connectivity index (χ1n) is 10.1. The highest BCUT2D eigenvalue weighted by Crippen LogP contribution is 2.38. The second-order valence-electron chi connectivity index (χ2n) is 8.60. The van der Waals surface area contributed by atoms with Crippen LogP contribution < -0.4 is 0 Å². The van der Waals surface area contributed by atoms with E-state index in [0.717, 1.165) is 5.56 Å².